The van der Waals surface area contributed by atoms with Crippen molar-refractivity contribution in [2.24, 2.45) is 0 Å². The molecule has 282 valence electrons. The van der Waals surface area contributed by atoms with Crippen molar-refractivity contribution in [2.75, 3.05) is 7.11 Å². The summed E-state index contributed by atoms with van der Waals surface area (Å²) in [5, 5.41) is 3.97. The fourth-order valence-electron chi connectivity index (χ4n) is 8.36. The summed E-state index contributed by atoms with van der Waals surface area (Å²) in [4.78, 5) is 14.3. The summed E-state index contributed by atoms with van der Waals surface area (Å²) in [7, 11) is 1.49. The van der Waals surface area contributed by atoms with E-state index in [4.69, 9.17) is 4.74 Å². The fourth-order valence-corrected chi connectivity index (χ4v) is 8.36. The van der Waals surface area contributed by atoms with E-state index in [1.165, 1.54) is 13.5 Å². The lowest BCUT2D eigenvalue weighted by Crippen LogP contribution is -2.57. The molecule has 7 rings (SSSR count). The Kier molecular flexibility index (Phi) is 12.3. The average Bonchev–Trinajstić information content (AvgIpc) is 3.68. The number of nitrogens with zero attached hydrogens (tertiary/aromatic N) is 2. The molecule has 56 heavy (non-hydrogen) atoms. The van der Waals surface area contributed by atoms with Gasteiger partial charge < -0.3 is 4.74 Å². The van der Waals surface area contributed by atoms with Gasteiger partial charge in [-0.1, -0.05) is 202 Å². The van der Waals surface area contributed by atoms with E-state index < -0.39 is 17.1 Å². The maximum atomic E-state index is 14.3. The first kappa shape index (κ1) is 38.2. The maximum Gasteiger partial charge on any atom is 0.323 e. The van der Waals surface area contributed by atoms with Crippen LogP contribution in [0.25, 0.3) is 0 Å². The molecule has 5 heteroatoms. The van der Waals surface area contributed by atoms with Gasteiger partial charge in [-0.3, -0.25) is 10.1 Å². The molecule has 0 amide bonds. The number of benzene rings is 6. The van der Waals surface area contributed by atoms with Crippen molar-refractivity contribution < 1.29 is 14.1 Å². The van der Waals surface area contributed by atoms with E-state index in [1.54, 1.807) is 0 Å². The van der Waals surface area contributed by atoms with Gasteiger partial charge in [-0.25, -0.2) is 9.13 Å². The Morgan fingerprint density at radius 2 is 0.982 bits per heavy atom. The number of imidazole rings is 1. The molecule has 0 radical (unpaired) electrons. The number of methoxy groups -OCH3 is 1. The molecule has 0 bridgehead atoms. The molecular weight excluding hydrogens is 687 g/mol. The van der Waals surface area contributed by atoms with E-state index in [0.717, 1.165) is 64.9 Å². The highest BCUT2D eigenvalue weighted by molar-refractivity contribution is 5.76. The Morgan fingerprint density at radius 3 is 1.36 bits per heavy atom. The molecule has 0 fully saturated rings. The van der Waals surface area contributed by atoms with E-state index in [9.17, 15) is 4.79 Å². The number of esters is 1. The molecule has 0 spiro atoms. The Hall–Kier alpha value is -6.04. The molecule has 7 aromatic rings. The number of unbranched alkanes of at least 4 members (excludes halogenated alkanes) is 3. The molecule has 0 unspecified atom stereocenters. The number of aryl methyl sites for hydroxylation is 1. The number of rotatable bonds is 17. The maximum absolute atomic E-state index is 14.3. The van der Waals surface area contributed by atoms with E-state index in [1.807, 2.05) is 18.2 Å². The highest BCUT2D eigenvalue weighted by atomic mass is 16.5. The van der Waals surface area contributed by atoms with Crippen LogP contribution in [0.3, 0.4) is 0 Å². The molecule has 1 atom stereocenters. The summed E-state index contributed by atoms with van der Waals surface area (Å²) in [6.07, 6.45) is 9.43. The molecule has 0 aliphatic carbocycles. The Balaban J connectivity index is 1.43. The van der Waals surface area contributed by atoms with Gasteiger partial charge in [-0.15, -0.1) is 0 Å². The summed E-state index contributed by atoms with van der Waals surface area (Å²) in [5.74, 6) is -0.317. The lowest BCUT2D eigenvalue weighted by molar-refractivity contribution is -0.734. The van der Waals surface area contributed by atoms with Crippen molar-refractivity contribution in [3.05, 3.63) is 234 Å². The zero-order chi connectivity index (χ0) is 38.6. The first-order valence-corrected chi connectivity index (χ1v) is 19.9. The second-order valence-corrected chi connectivity index (χ2v) is 14.5. The number of carbonyl (C=O) groups is 1. The number of aromatic nitrogens is 2. The van der Waals surface area contributed by atoms with Crippen LogP contribution in [-0.2, 0) is 33.6 Å². The van der Waals surface area contributed by atoms with Gasteiger partial charge in [0.25, 0.3) is 0 Å². The predicted octanol–water partition coefficient (Wildman–Crippen LogP) is 9.86. The van der Waals surface area contributed by atoms with Gasteiger partial charge in [0.1, 0.15) is 17.9 Å². The van der Waals surface area contributed by atoms with Crippen molar-refractivity contribution in [3.63, 3.8) is 0 Å². The minimum absolute atomic E-state index is 0.317. The second-order valence-electron chi connectivity index (χ2n) is 14.5. The van der Waals surface area contributed by atoms with Crippen LogP contribution in [0.2, 0.25) is 0 Å². The van der Waals surface area contributed by atoms with E-state index in [0.29, 0.717) is 6.42 Å². The normalized spacial score (nSPS) is 12.2. The van der Waals surface area contributed by atoms with Crippen LogP contribution in [-0.4, -0.2) is 23.7 Å². The third kappa shape index (κ3) is 7.73. The minimum Gasteiger partial charge on any atom is -0.468 e. The Labute approximate surface area is 332 Å². The van der Waals surface area contributed by atoms with Gasteiger partial charge >= 0.3 is 5.97 Å². The fraction of sp³-hybridized carbons (Fsp3) is 0.216. The molecule has 6 aromatic carbocycles. The quantitative estimate of drug-likeness (QED) is 0.0438. The summed E-state index contributed by atoms with van der Waals surface area (Å²) >= 11 is 0. The van der Waals surface area contributed by atoms with Crippen LogP contribution < -0.4 is 9.88 Å². The van der Waals surface area contributed by atoms with Crippen molar-refractivity contribution in [3.8, 4) is 0 Å². The molecule has 1 aromatic heterocycles. The van der Waals surface area contributed by atoms with Gasteiger partial charge in [0.05, 0.1) is 19.2 Å². The second kappa shape index (κ2) is 18.1. The minimum atomic E-state index is -0.862. The largest absolute Gasteiger partial charge is 0.468 e. The topological polar surface area (TPSA) is 47.1 Å². The van der Waals surface area contributed by atoms with Crippen LogP contribution >= 0.6 is 0 Å². The van der Waals surface area contributed by atoms with Gasteiger partial charge in [-0.05, 0) is 29.5 Å². The first-order valence-electron chi connectivity index (χ1n) is 19.9. The number of nitrogens with one attached hydrogen (secondary N) is 1. The summed E-state index contributed by atoms with van der Waals surface area (Å²) < 4.78 is 10.4. The summed E-state index contributed by atoms with van der Waals surface area (Å²) in [6.45, 7) is 3.07. The highest BCUT2D eigenvalue weighted by Gasteiger charge is 2.45. The number of hydrogen-bond acceptors (Lipinski definition) is 3. The first-order chi connectivity index (χ1) is 27.6. The van der Waals surface area contributed by atoms with E-state index in [-0.39, 0.29) is 5.97 Å². The van der Waals surface area contributed by atoms with E-state index in [2.05, 4.69) is 198 Å². The van der Waals surface area contributed by atoms with Crippen molar-refractivity contribution in [2.45, 2.75) is 62.7 Å². The standard InChI is InChI=1S/C51H52N3O2/c1-3-4-5-24-37-53-40-54(51(44-31-18-9-19-32-44,45-33-20-10-21-34-45)46-35-22-11-23-36-46)39-47(53)38-48(49(55)56-2)52-50(41-25-12-6-13-26-41,42-27-14-7-15-28-42)43-29-16-8-17-30-43/h6-23,25-36,39-40,48,52H,3-5,24,37-38H2,1-2H3/q+1/t48-/m0/s1. The summed E-state index contributed by atoms with van der Waals surface area (Å²) in [6, 6.07) is 62.8. The van der Waals surface area contributed by atoms with Gasteiger partial charge in [0.15, 0.2) is 5.54 Å². The lowest BCUT2D eigenvalue weighted by Gasteiger charge is -2.39. The average molecular weight is 739 g/mol. The highest BCUT2D eigenvalue weighted by Crippen LogP contribution is 2.39. The van der Waals surface area contributed by atoms with E-state index >= 15 is 0 Å². The van der Waals surface area contributed by atoms with Crippen LogP contribution in [0.15, 0.2) is 195 Å². The third-order valence-corrected chi connectivity index (χ3v) is 11.0. The van der Waals surface area contributed by atoms with Crippen molar-refractivity contribution >= 4 is 5.97 Å². The molecule has 5 nitrogen and oxygen atoms in total. The Morgan fingerprint density at radius 1 is 0.589 bits per heavy atom. The number of ether oxygens (including phenoxy) is 1. The summed E-state index contributed by atoms with van der Waals surface area (Å²) in [5.41, 5.74) is 6.04. The molecule has 0 aliphatic rings. The molecule has 0 saturated carbocycles. The monoisotopic (exact) mass is 738 g/mol. The zero-order valence-corrected chi connectivity index (χ0v) is 32.5. The van der Waals surface area contributed by atoms with Crippen LogP contribution in [0.4, 0.5) is 0 Å². The molecular formula is C51H52N3O2+. The molecule has 0 saturated heterocycles. The van der Waals surface area contributed by atoms with Crippen LogP contribution in [0.5, 0.6) is 0 Å². The van der Waals surface area contributed by atoms with Crippen LogP contribution in [0, 0.1) is 0 Å². The van der Waals surface area contributed by atoms with Crippen LogP contribution in [0.1, 0.15) is 71.7 Å². The molecule has 1 N–H and O–H groups in total. The molecule has 1 heterocycles. The smallest absolute Gasteiger partial charge is 0.323 e. The van der Waals surface area contributed by atoms with Gasteiger partial charge in [0.2, 0.25) is 6.33 Å². The Bertz CT molecular complexity index is 2050. The SMILES string of the molecule is CCCCCCn1c[n+](C(c2ccccc2)(c2ccccc2)c2ccccc2)cc1C[C@H](NC(c1ccccc1)(c1ccccc1)c1ccccc1)C(=O)OC. The van der Waals surface area contributed by atoms with Gasteiger partial charge in [0, 0.05) is 23.1 Å². The number of carbonyl (C=O) groups excluding carboxylic acids is 1. The van der Waals surface area contributed by atoms with Crippen molar-refractivity contribution in [1.82, 2.24) is 9.88 Å². The lowest BCUT2D eigenvalue weighted by atomic mass is 9.76. The van der Waals surface area contributed by atoms with Crippen molar-refractivity contribution in [1.29, 1.82) is 0 Å². The molecule has 0 aliphatic heterocycles. The number of hydrogen-bond donors (Lipinski definition) is 1. The zero-order valence-electron chi connectivity index (χ0n) is 32.5. The third-order valence-electron chi connectivity index (χ3n) is 11.0. The predicted molar refractivity (Wildman–Crippen MR) is 225 cm³/mol. The van der Waals surface area contributed by atoms with Gasteiger partial charge in [-0.2, -0.15) is 0 Å².